The highest BCUT2D eigenvalue weighted by molar-refractivity contribution is 5.86. The van der Waals surface area contributed by atoms with Crippen molar-refractivity contribution in [3.05, 3.63) is 35.5 Å². The maximum Gasteiger partial charge on any atom is 0.330 e. The molecule has 0 aliphatic rings. The Morgan fingerprint density at radius 3 is 1.44 bits per heavy atom. The van der Waals surface area contributed by atoms with Crippen LogP contribution in [0, 0.1) is 0 Å². The maximum atomic E-state index is 10.4. The third kappa shape index (κ3) is 6.59. The standard InChI is InChI=1S/C12H16O4/c1-9(11(13)14)7-5-3-4-6-8-10(2)12(15)16/h3-4,7-8H,5-6H2,1-2H3,(H,13,14)(H,15,16). The van der Waals surface area contributed by atoms with Crippen LogP contribution in [0.3, 0.4) is 0 Å². The molecule has 0 amide bonds. The third-order valence-corrected chi connectivity index (χ3v) is 1.96. The van der Waals surface area contributed by atoms with E-state index in [9.17, 15) is 9.59 Å². The van der Waals surface area contributed by atoms with Gasteiger partial charge in [-0.05, 0) is 26.7 Å². The normalized spacial score (nSPS) is 13.1. The van der Waals surface area contributed by atoms with Crippen LogP contribution in [-0.4, -0.2) is 22.2 Å². The Labute approximate surface area is 94.6 Å². The van der Waals surface area contributed by atoms with Gasteiger partial charge in [0.15, 0.2) is 0 Å². The Balaban J connectivity index is 3.97. The van der Waals surface area contributed by atoms with E-state index in [1.54, 1.807) is 24.3 Å². The molecule has 88 valence electrons. The van der Waals surface area contributed by atoms with E-state index >= 15 is 0 Å². The molecule has 0 fully saturated rings. The molecule has 16 heavy (non-hydrogen) atoms. The zero-order chi connectivity index (χ0) is 12.6. The summed E-state index contributed by atoms with van der Waals surface area (Å²) in [5.41, 5.74) is 0.615. The van der Waals surface area contributed by atoms with E-state index in [0.717, 1.165) is 0 Å². The van der Waals surface area contributed by atoms with Crippen LogP contribution in [0.25, 0.3) is 0 Å². The summed E-state index contributed by atoms with van der Waals surface area (Å²) in [6.45, 7) is 3.06. The summed E-state index contributed by atoms with van der Waals surface area (Å²) in [6, 6.07) is 0. The Morgan fingerprint density at radius 1 is 0.875 bits per heavy atom. The van der Waals surface area contributed by atoms with Crippen molar-refractivity contribution in [3.8, 4) is 0 Å². The second kappa shape index (κ2) is 7.45. The Bertz CT molecular complexity index is 314. The second-order valence-corrected chi connectivity index (χ2v) is 3.33. The molecule has 0 aliphatic heterocycles. The Kier molecular flexibility index (Phi) is 6.59. The van der Waals surface area contributed by atoms with Crippen molar-refractivity contribution in [3.63, 3.8) is 0 Å². The minimum Gasteiger partial charge on any atom is -0.478 e. The molecule has 0 saturated carbocycles. The Hall–Kier alpha value is -1.84. The van der Waals surface area contributed by atoms with Gasteiger partial charge in [0.1, 0.15) is 0 Å². The van der Waals surface area contributed by atoms with Crippen LogP contribution < -0.4 is 0 Å². The number of carboxylic acid groups (broad SMARTS) is 2. The first-order valence-electron chi connectivity index (χ1n) is 4.90. The molecule has 0 rings (SSSR count). The van der Waals surface area contributed by atoms with Gasteiger partial charge in [0.2, 0.25) is 0 Å². The number of carbonyl (C=O) groups is 2. The molecule has 0 atom stereocenters. The fourth-order valence-electron chi connectivity index (χ4n) is 0.857. The number of allylic oxidation sites excluding steroid dienone is 4. The lowest BCUT2D eigenvalue weighted by Crippen LogP contribution is -1.95. The van der Waals surface area contributed by atoms with E-state index in [-0.39, 0.29) is 0 Å². The van der Waals surface area contributed by atoms with Crippen molar-refractivity contribution >= 4 is 11.9 Å². The van der Waals surface area contributed by atoms with Crippen molar-refractivity contribution in [2.75, 3.05) is 0 Å². The molecule has 2 N–H and O–H groups in total. The third-order valence-electron chi connectivity index (χ3n) is 1.96. The van der Waals surface area contributed by atoms with Gasteiger partial charge in [-0.15, -0.1) is 0 Å². The van der Waals surface area contributed by atoms with Crippen LogP contribution in [0.4, 0.5) is 0 Å². The Morgan fingerprint density at radius 2 is 1.19 bits per heavy atom. The van der Waals surface area contributed by atoms with Gasteiger partial charge in [-0.1, -0.05) is 24.3 Å². The zero-order valence-electron chi connectivity index (χ0n) is 9.43. The molecule has 0 bridgehead atoms. The van der Waals surface area contributed by atoms with E-state index < -0.39 is 11.9 Å². The molecule has 0 aromatic carbocycles. The minimum absolute atomic E-state index is 0.307. The van der Waals surface area contributed by atoms with Gasteiger partial charge in [0, 0.05) is 11.1 Å². The first-order chi connectivity index (χ1) is 7.45. The number of carboxylic acids is 2. The summed E-state index contributed by atoms with van der Waals surface area (Å²) in [5.74, 6) is -1.84. The average Bonchev–Trinajstić information content (AvgIpc) is 2.21. The van der Waals surface area contributed by atoms with Crippen LogP contribution in [0.5, 0.6) is 0 Å². The van der Waals surface area contributed by atoms with Crippen LogP contribution >= 0.6 is 0 Å². The largest absolute Gasteiger partial charge is 0.478 e. The fourth-order valence-corrected chi connectivity index (χ4v) is 0.857. The molecule has 0 radical (unpaired) electrons. The summed E-state index contributed by atoms with van der Waals surface area (Å²) < 4.78 is 0. The lowest BCUT2D eigenvalue weighted by atomic mass is 10.2. The number of hydrogen-bond acceptors (Lipinski definition) is 2. The molecule has 0 saturated heterocycles. The van der Waals surface area contributed by atoms with Crippen molar-refractivity contribution in [1.29, 1.82) is 0 Å². The summed E-state index contributed by atoms with van der Waals surface area (Å²) in [7, 11) is 0. The highest BCUT2D eigenvalue weighted by atomic mass is 16.4. The van der Waals surface area contributed by atoms with Crippen LogP contribution in [0.2, 0.25) is 0 Å². The first kappa shape index (κ1) is 14.2. The van der Waals surface area contributed by atoms with Crippen LogP contribution in [0.15, 0.2) is 35.5 Å². The van der Waals surface area contributed by atoms with Crippen molar-refractivity contribution in [2.45, 2.75) is 26.7 Å². The van der Waals surface area contributed by atoms with Crippen LogP contribution in [-0.2, 0) is 9.59 Å². The predicted molar refractivity (Wildman–Crippen MR) is 61.2 cm³/mol. The predicted octanol–water partition coefficient (Wildman–Crippen LogP) is 2.38. The lowest BCUT2D eigenvalue weighted by Gasteiger charge is -1.91. The second-order valence-electron chi connectivity index (χ2n) is 3.33. The van der Waals surface area contributed by atoms with Crippen molar-refractivity contribution in [2.24, 2.45) is 0 Å². The maximum absolute atomic E-state index is 10.4. The van der Waals surface area contributed by atoms with E-state index in [2.05, 4.69) is 0 Å². The summed E-state index contributed by atoms with van der Waals surface area (Å²) in [4.78, 5) is 20.8. The van der Waals surface area contributed by atoms with E-state index in [0.29, 0.717) is 24.0 Å². The van der Waals surface area contributed by atoms with Gasteiger partial charge in [-0.3, -0.25) is 0 Å². The van der Waals surface area contributed by atoms with E-state index in [1.165, 1.54) is 13.8 Å². The lowest BCUT2D eigenvalue weighted by molar-refractivity contribution is -0.133. The van der Waals surface area contributed by atoms with E-state index in [1.807, 2.05) is 0 Å². The van der Waals surface area contributed by atoms with Gasteiger partial charge in [-0.2, -0.15) is 0 Å². The highest BCUT2D eigenvalue weighted by Gasteiger charge is 1.97. The minimum atomic E-state index is -0.921. The van der Waals surface area contributed by atoms with Crippen molar-refractivity contribution in [1.82, 2.24) is 0 Å². The highest BCUT2D eigenvalue weighted by Crippen LogP contribution is 1.99. The van der Waals surface area contributed by atoms with Crippen molar-refractivity contribution < 1.29 is 19.8 Å². The number of rotatable bonds is 6. The number of aliphatic carboxylic acids is 2. The zero-order valence-corrected chi connectivity index (χ0v) is 9.43. The molecular weight excluding hydrogens is 208 g/mol. The first-order valence-corrected chi connectivity index (χ1v) is 4.90. The van der Waals surface area contributed by atoms with Gasteiger partial charge in [-0.25, -0.2) is 9.59 Å². The molecular formula is C12H16O4. The molecule has 4 nitrogen and oxygen atoms in total. The summed E-state index contributed by atoms with van der Waals surface area (Å²) in [6.07, 6.45) is 7.89. The number of hydrogen-bond donors (Lipinski definition) is 2. The quantitative estimate of drug-likeness (QED) is 0.536. The molecule has 0 heterocycles. The summed E-state index contributed by atoms with van der Waals surface area (Å²) in [5, 5.41) is 17.1. The molecule has 0 aromatic rings. The topological polar surface area (TPSA) is 74.6 Å². The molecule has 0 aromatic heterocycles. The summed E-state index contributed by atoms with van der Waals surface area (Å²) >= 11 is 0. The fraction of sp³-hybridized carbons (Fsp3) is 0.333. The van der Waals surface area contributed by atoms with Crippen LogP contribution in [0.1, 0.15) is 26.7 Å². The van der Waals surface area contributed by atoms with Gasteiger partial charge < -0.3 is 10.2 Å². The van der Waals surface area contributed by atoms with Gasteiger partial charge in [0.05, 0.1) is 0 Å². The van der Waals surface area contributed by atoms with Gasteiger partial charge >= 0.3 is 11.9 Å². The molecule has 0 unspecified atom stereocenters. The van der Waals surface area contributed by atoms with Gasteiger partial charge in [0.25, 0.3) is 0 Å². The molecule has 0 spiro atoms. The average molecular weight is 224 g/mol. The SMILES string of the molecule is CC(=CCC=CCC=C(C)C(=O)O)C(=O)O. The van der Waals surface area contributed by atoms with E-state index in [4.69, 9.17) is 10.2 Å². The monoisotopic (exact) mass is 224 g/mol. The molecule has 0 aliphatic carbocycles. The molecule has 4 heteroatoms. The smallest absolute Gasteiger partial charge is 0.330 e.